The zero-order valence-corrected chi connectivity index (χ0v) is 8.79. The van der Waals surface area contributed by atoms with Crippen LogP contribution in [0.5, 0.6) is 0 Å². The minimum Gasteiger partial charge on any atom is -0.134 e. The van der Waals surface area contributed by atoms with E-state index in [9.17, 15) is 0 Å². The summed E-state index contributed by atoms with van der Waals surface area (Å²) in [5.74, 6) is 2.06. The maximum Gasteiger partial charge on any atom is -0.0256 e. The summed E-state index contributed by atoms with van der Waals surface area (Å²) in [6, 6.07) is 0. The van der Waals surface area contributed by atoms with Crippen LogP contribution in [0.15, 0.2) is 0 Å². The van der Waals surface area contributed by atoms with Crippen molar-refractivity contribution in [1.29, 1.82) is 0 Å². The Balaban J connectivity index is 2.13. The van der Waals surface area contributed by atoms with Gasteiger partial charge in [-0.25, -0.2) is 0 Å². The molecule has 0 bridgehead atoms. The minimum atomic E-state index is 0.728. The zero-order valence-electron chi connectivity index (χ0n) is 7.64. The van der Waals surface area contributed by atoms with E-state index in [0.717, 1.165) is 22.9 Å². The van der Waals surface area contributed by atoms with Crippen LogP contribution >= 0.6 is 9.24 Å². The van der Waals surface area contributed by atoms with Gasteiger partial charge in [-0.1, -0.05) is 13.8 Å². The molecule has 0 spiro atoms. The van der Waals surface area contributed by atoms with Crippen LogP contribution in [-0.2, 0) is 0 Å². The van der Waals surface area contributed by atoms with Crippen LogP contribution in [0.25, 0.3) is 0 Å². The Morgan fingerprint density at radius 2 is 2.00 bits per heavy atom. The van der Waals surface area contributed by atoms with E-state index in [1.54, 1.807) is 0 Å². The molecule has 0 heterocycles. The van der Waals surface area contributed by atoms with Crippen molar-refractivity contribution in [3.05, 3.63) is 0 Å². The molecule has 0 aliphatic heterocycles. The smallest absolute Gasteiger partial charge is 0.0256 e. The Morgan fingerprint density at radius 3 is 2.64 bits per heavy atom. The third kappa shape index (κ3) is 1.24. The first-order valence-corrected chi connectivity index (χ1v) is 5.52. The van der Waals surface area contributed by atoms with E-state index in [1.807, 2.05) is 0 Å². The Hall–Kier alpha value is 0.430. The Bertz CT molecular complexity index is 150. The summed E-state index contributed by atoms with van der Waals surface area (Å²) in [6.07, 6.45) is 5.93. The van der Waals surface area contributed by atoms with Gasteiger partial charge in [-0.05, 0) is 48.6 Å². The van der Waals surface area contributed by atoms with Gasteiger partial charge in [-0.2, -0.15) is 0 Å². The van der Waals surface area contributed by atoms with Gasteiger partial charge in [0.15, 0.2) is 0 Å². The Kier molecular flexibility index (Phi) is 1.80. The molecule has 5 atom stereocenters. The van der Waals surface area contributed by atoms with Gasteiger partial charge in [-0.3, -0.25) is 0 Å². The van der Waals surface area contributed by atoms with Crippen LogP contribution in [0.2, 0.25) is 0 Å². The number of rotatable bonds is 0. The molecule has 64 valence electrons. The normalized spacial score (nSPS) is 56.5. The second kappa shape index (κ2) is 2.46. The lowest BCUT2D eigenvalue weighted by atomic mass is 9.83. The second-order valence-corrected chi connectivity index (χ2v) is 6.04. The van der Waals surface area contributed by atoms with Gasteiger partial charge in [-0.15, -0.1) is 9.24 Å². The quantitative estimate of drug-likeness (QED) is 0.490. The molecule has 0 N–H and O–H groups in total. The van der Waals surface area contributed by atoms with Crippen LogP contribution in [0.1, 0.15) is 39.5 Å². The topological polar surface area (TPSA) is 0 Å². The summed E-state index contributed by atoms with van der Waals surface area (Å²) in [7, 11) is 3.01. The average Bonchev–Trinajstić information content (AvgIpc) is 2.16. The molecule has 11 heavy (non-hydrogen) atoms. The molecule has 0 amide bonds. The molecule has 2 rings (SSSR count). The molecule has 0 aromatic carbocycles. The fourth-order valence-corrected chi connectivity index (χ4v) is 4.36. The summed E-state index contributed by atoms with van der Waals surface area (Å²) >= 11 is 0. The largest absolute Gasteiger partial charge is 0.134 e. The van der Waals surface area contributed by atoms with Crippen molar-refractivity contribution < 1.29 is 0 Å². The van der Waals surface area contributed by atoms with E-state index >= 15 is 0 Å². The van der Waals surface area contributed by atoms with Crippen LogP contribution in [-0.4, -0.2) is 5.66 Å². The lowest BCUT2D eigenvalue weighted by molar-refractivity contribution is 0.274. The molecule has 0 saturated heterocycles. The molecule has 0 aromatic heterocycles. The van der Waals surface area contributed by atoms with Gasteiger partial charge >= 0.3 is 0 Å². The van der Waals surface area contributed by atoms with Crippen molar-refractivity contribution >= 4 is 9.24 Å². The summed E-state index contributed by atoms with van der Waals surface area (Å²) in [5.41, 5.74) is 1.66. The van der Waals surface area contributed by atoms with Crippen LogP contribution < -0.4 is 0 Å². The number of hydrogen-bond acceptors (Lipinski definition) is 0. The van der Waals surface area contributed by atoms with Crippen molar-refractivity contribution in [2.24, 2.45) is 17.3 Å². The lowest BCUT2D eigenvalue weighted by Crippen LogP contribution is -2.14. The van der Waals surface area contributed by atoms with E-state index in [0.29, 0.717) is 0 Å². The summed E-state index contributed by atoms with van der Waals surface area (Å²) < 4.78 is 0. The van der Waals surface area contributed by atoms with Crippen LogP contribution in [0.4, 0.5) is 0 Å². The van der Waals surface area contributed by atoms with Crippen molar-refractivity contribution in [3.63, 3.8) is 0 Å². The van der Waals surface area contributed by atoms with Crippen molar-refractivity contribution in [3.8, 4) is 0 Å². The first kappa shape index (κ1) is 8.05. The van der Waals surface area contributed by atoms with E-state index in [1.165, 1.54) is 25.7 Å². The molecule has 2 aliphatic carbocycles. The summed E-state index contributed by atoms with van der Waals surface area (Å²) in [4.78, 5) is 0. The van der Waals surface area contributed by atoms with Gasteiger partial charge in [0.25, 0.3) is 0 Å². The number of fused-ring (bicyclic) bond motifs is 1. The molecule has 5 unspecified atom stereocenters. The van der Waals surface area contributed by atoms with Gasteiger partial charge in [0.05, 0.1) is 0 Å². The first-order chi connectivity index (χ1) is 5.10. The van der Waals surface area contributed by atoms with Crippen LogP contribution in [0, 0.1) is 17.3 Å². The molecular formula is C10H19P. The third-order valence-electron chi connectivity index (χ3n) is 3.80. The Morgan fingerprint density at radius 1 is 1.27 bits per heavy atom. The molecule has 2 fully saturated rings. The standard InChI is InChI=1S/C10H19P/c1-7-3-8-4-9(11)6-10(8,2)5-7/h7-9H,3-6,11H2,1-2H3. The van der Waals surface area contributed by atoms with Gasteiger partial charge in [0.2, 0.25) is 0 Å². The maximum absolute atomic E-state index is 3.01. The minimum absolute atomic E-state index is 0.728. The summed E-state index contributed by atoms with van der Waals surface area (Å²) in [6.45, 7) is 4.92. The maximum atomic E-state index is 3.01. The molecule has 2 saturated carbocycles. The SMILES string of the molecule is CC1CC2CC(P)CC2(C)C1. The highest BCUT2D eigenvalue weighted by Crippen LogP contribution is 2.57. The molecule has 2 aliphatic rings. The van der Waals surface area contributed by atoms with E-state index in [-0.39, 0.29) is 0 Å². The fraction of sp³-hybridized carbons (Fsp3) is 1.00. The number of hydrogen-bond donors (Lipinski definition) is 0. The predicted molar refractivity (Wildman–Crippen MR) is 52.7 cm³/mol. The van der Waals surface area contributed by atoms with Crippen LogP contribution in [0.3, 0.4) is 0 Å². The summed E-state index contributed by atoms with van der Waals surface area (Å²) in [5, 5.41) is 0. The molecule has 0 aromatic rings. The predicted octanol–water partition coefficient (Wildman–Crippen LogP) is 3.08. The molecular weight excluding hydrogens is 151 g/mol. The highest BCUT2D eigenvalue weighted by atomic mass is 31.0. The third-order valence-corrected chi connectivity index (χ3v) is 4.31. The van der Waals surface area contributed by atoms with Crippen molar-refractivity contribution in [2.45, 2.75) is 45.2 Å². The lowest BCUT2D eigenvalue weighted by Gasteiger charge is -2.23. The van der Waals surface area contributed by atoms with Crippen molar-refractivity contribution in [1.82, 2.24) is 0 Å². The monoisotopic (exact) mass is 170 g/mol. The average molecular weight is 170 g/mol. The van der Waals surface area contributed by atoms with E-state index in [4.69, 9.17) is 0 Å². The second-order valence-electron chi connectivity index (χ2n) is 5.10. The zero-order chi connectivity index (χ0) is 8.06. The van der Waals surface area contributed by atoms with E-state index < -0.39 is 0 Å². The fourth-order valence-electron chi connectivity index (χ4n) is 3.49. The first-order valence-electron chi connectivity index (χ1n) is 4.86. The highest BCUT2D eigenvalue weighted by molar-refractivity contribution is 7.17. The Labute approximate surface area is 72.3 Å². The van der Waals surface area contributed by atoms with Gasteiger partial charge in [0.1, 0.15) is 0 Å². The molecule has 0 radical (unpaired) electrons. The van der Waals surface area contributed by atoms with Gasteiger partial charge in [0, 0.05) is 0 Å². The molecule has 0 nitrogen and oxygen atoms in total. The van der Waals surface area contributed by atoms with E-state index in [2.05, 4.69) is 23.1 Å². The molecule has 1 heteroatoms. The van der Waals surface area contributed by atoms with Crippen molar-refractivity contribution in [2.75, 3.05) is 0 Å². The van der Waals surface area contributed by atoms with Gasteiger partial charge < -0.3 is 0 Å². The highest BCUT2D eigenvalue weighted by Gasteiger charge is 2.47.